The highest BCUT2D eigenvalue weighted by molar-refractivity contribution is 4.79. The molecule has 0 aliphatic heterocycles. The highest BCUT2D eigenvalue weighted by Gasteiger charge is 2.26. The number of allylic oxidation sites excluding steroid dienone is 3. The zero-order valence-corrected chi connectivity index (χ0v) is 14.7. The number of aliphatic hydroxyl groups excluding tert-OH is 4. The Labute approximate surface area is 131 Å². The Morgan fingerprint density at radius 2 is 0.667 bits per heavy atom. The molecule has 4 heteroatoms. The van der Waals surface area contributed by atoms with Crippen molar-refractivity contribution in [1.82, 2.24) is 0 Å². The monoisotopic (exact) mass is 304 g/mol. The Hall–Kier alpha value is -0.940. The molecule has 0 amide bonds. The van der Waals surface area contributed by atoms with E-state index in [9.17, 15) is 0 Å². The molecule has 0 aliphatic rings. The molecule has 128 valence electrons. The quantitative estimate of drug-likeness (QED) is 0.602. The van der Waals surface area contributed by atoms with Gasteiger partial charge in [0.1, 0.15) is 0 Å². The van der Waals surface area contributed by atoms with Crippen molar-refractivity contribution in [2.45, 2.75) is 41.5 Å². The van der Waals surface area contributed by atoms with E-state index in [0.717, 1.165) is 0 Å². The molecule has 0 aromatic carbocycles. The van der Waals surface area contributed by atoms with Crippen LogP contribution >= 0.6 is 0 Å². The molecule has 0 rings (SSSR count). The summed E-state index contributed by atoms with van der Waals surface area (Å²) in [6, 6.07) is 0. The van der Waals surface area contributed by atoms with Crippen molar-refractivity contribution in [2.24, 2.45) is 5.41 Å². The van der Waals surface area contributed by atoms with Crippen LogP contribution in [0.5, 0.6) is 0 Å². The predicted octanol–water partition coefficient (Wildman–Crippen LogP) is 2.69. The molecule has 0 aromatic rings. The fourth-order valence-electron chi connectivity index (χ4n) is 0.300. The molecule has 0 aliphatic carbocycles. The van der Waals surface area contributed by atoms with E-state index < -0.39 is 31.8 Å². The van der Waals surface area contributed by atoms with E-state index in [2.05, 4.69) is 19.7 Å². The Balaban J connectivity index is -0.000000102. The molecule has 4 N–H and O–H groups in total. The fraction of sp³-hybridized carbons (Fsp3) is 0.647. The van der Waals surface area contributed by atoms with E-state index in [4.69, 9.17) is 20.4 Å². The maximum atomic E-state index is 8.50. The summed E-state index contributed by atoms with van der Waals surface area (Å²) < 4.78 is 0. The average molecular weight is 304 g/mol. The van der Waals surface area contributed by atoms with Gasteiger partial charge in [-0.15, -0.1) is 19.7 Å². The van der Waals surface area contributed by atoms with Gasteiger partial charge in [-0.25, -0.2) is 0 Å². The van der Waals surface area contributed by atoms with Gasteiger partial charge in [-0.1, -0.05) is 16.7 Å². The smallest absolute Gasteiger partial charge is 0.0627 e. The van der Waals surface area contributed by atoms with Crippen LogP contribution in [-0.2, 0) is 0 Å². The molecular formula is C17H36O4. The van der Waals surface area contributed by atoms with E-state index in [-0.39, 0.29) is 0 Å². The summed E-state index contributed by atoms with van der Waals surface area (Å²) in [4.78, 5) is 0. The number of rotatable bonds is 4. The largest absolute Gasteiger partial charge is 0.396 e. The first-order valence-corrected chi connectivity index (χ1v) is 6.74. The lowest BCUT2D eigenvalue weighted by Crippen LogP contribution is -2.37. The van der Waals surface area contributed by atoms with Gasteiger partial charge in [0.2, 0.25) is 0 Å². The van der Waals surface area contributed by atoms with Crippen LogP contribution in [0.1, 0.15) is 41.5 Å². The van der Waals surface area contributed by atoms with Gasteiger partial charge in [-0.2, -0.15) is 0 Å². The van der Waals surface area contributed by atoms with Crippen LogP contribution in [0.3, 0.4) is 0 Å². The highest BCUT2D eigenvalue weighted by atomic mass is 16.3. The molecule has 0 bridgehead atoms. The third kappa shape index (κ3) is 45.3. The van der Waals surface area contributed by atoms with E-state index in [0.29, 0.717) is 0 Å². The number of hydrogen-bond donors (Lipinski definition) is 4. The third-order valence-corrected chi connectivity index (χ3v) is 1.34. The second-order valence-corrected chi connectivity index (χ2v) is 5.75. The Bertz CT molecular complexity index is 208. The van der Waals surface area contributed by atoms with Crippen molar-refractivity contribution in [3.63, 3.8) is 0 Å². The average Bonchev–Trinajstić information content (AvgIpc) is 2.30. The Morgan fingerprint density at radius 3 is 0.667 bits per heavy atom. The second kappa shape index (κ2) is 19.1. The summed E-state index contributed by atoms with van der Waals surface area (Å²) in [6.07, 6.45) is 0. The van der Waals surface area contributed by atoms with Gasteiger partial charge in [0.15, 0.2) is 0 Å². The number of aliphatic hydroxyl groups is 4. The molecule has 0 unspecified atom stereocenters. The fourth-order valence-corrected chi connectivity index (χ4v) is 0.300. The molecular weight excluding hydrogens is 268 g/mol. The summed E-state index contributed by atoms with van der Waals surface area (Å²) in [5.41, 5.74) is 2.39. The van der Waals surface area contributed by atoms with Crippen LogP contribution in [-0.4, -0.2) is 46.9 Å². The van der Waals surface area contributed by atoms with Gasteiger partial charge in [0.05, 0.1) is 31.8 Å². The lowest BCUT2D eigenvalue weighted by atomic mass is 9.93. The van der Waals surface area contributed by atoms with Crippen LogP contribution < -0.4 is 0 Å². The lowest BCUT2D eigenvalue weighted by Gasteiger charge is -2.23. The molecule has 0 radical (unpaired) electrons. The highest BCUT2D eigenvalue weighted by Crippen LogP contribution is 2.11. The minimum Gasteiger partial charge on any atom is -0.396 e. The zero-order valence-electron chi connectivity index (χ0n) is 14.7. The van der Waals surface area contributed by atoms with E-state index in [1.807, 2.05) is 41.5 Å². The van der Waals surface area contributed by atoms with Gasteiger partial charge in [0, 0.05) is 0 Å². The van der Waals surface area contributed by atoms with Crippen molar-refractivity contribution >= 4 is 0 Å². The first kappa shape index (κ1) is 28.3. The van der Waals surface area contributed by atoms with Crippen molar-refractivity contribution < 1.29 is 20.4 Å². The van der Waals surface area contributed by atoms with Crippen molar-refractivity contribution in [1.29, 1.82) is 0 Å². The second-order valence-electron chi connectivity index (χ2n) is 5.75. The van der Waals surface area contributed by atoms with Crippen molar-refractivity contribution in [2.75, 3.05) is 26.4 Å². The third-order valence-electron chi connectivity index (χ3n) is 1.34. The van der Waals surface area contributed by atoms with Crippen molar-refractivity contribution in [3.8, 4) is 0 Å². The predicted molar refractivity (Wildman–Crippen MR) is 92.2 cm³/mol. The van der Waals surface area contributed by atoms with Crippen LogP contribution in [0.15, 0.2) is 36.5 Å². The van der Waals surface area contributed by atoms with E-state index >= 15 is 0 Å². The first-order chi connectivity index (χ1) is 9.44. The summed E-state index contributed by atoms with van der Waals surface area (Å²) in [5.74, 6) is 0. The molecule has 0 fully saturated rings. The lowest BCUT2D eigenvalue weighted by molar-refractivity contribution is -0.0328. The summed E-state index contributed by atoms with van der Waals surface area (Å²) >= 11 is 0. The maximum absolute atomic E-state index is 8.50. The molecule has 4 nitrogen and oxygen atoms in total. The summed E-state index contributed by atoms with van der Waals surface area (Å²) in [7, 11) is 0. The SMILES string of the molecule is C=C(C)C.C=C(C)C.C=C(C)C.OCC(CO)(CO)CO. The normalized spacial score (nSPS) is 8.86. The maximum Gasteiger partial charge on any atom is 0.0627 e. The van der Waals surface area contributed by atoms with Gasteiger partial charge in [-0.05, 0) is 41.5 Å². The molecule has 21 heavy (non-hydrogen) atoms. The number of hydrogen-bond acceptors (Lipinski definition) is 4. The summed E-state index contributed by atoms with van der Waals surface area (Å²) in [5, 5.41) is 34.0. The molecule has 0 saturated heterocycles. The molecule has 0 heterocycles. The Kier molecular flexibility index (Phi) is 25.6. The van der Waals surface area contributed by atoms with Crippen LogP contribution in [0.4, 0.5) is 0 Å². The van der Waals surface area contributed by atoms with E-state index in [1.54, 1.807) is 0 Å². The molecule has 0 aromatic heterocycles. The summed E-state index contributed by atoms with van der Waals surface area (Å²) in [6.45, 7) is 20.9. The molecule has 0 atom stereocenters. The Morgan fingerprint density at radius 1 is 0.571 bits per heavy atom. The first-order valence-electron chi connectivity index (χ1n) is 6.74. The molecule has 0 saturated carbocycles. The minimum atomic E-state index is -1.11. The molecule has 0 spiro atoms. The zero-order chi connectivity index (χ0) is 18.1. The van der Waals surface area contributed by atoms with Gasteiger partial charge >= 0.3 is 0 Å². The van der Waals surface area contributed by atoms with Gasteiger partial charge < -0.3 is 20.4 Å². The van der Waals surface area contributed by atoms with Crippen LogP contribution in [0, 0.1) is 5.41 Å². The van der Waals surface area contributed by atoms with Gasteiger partial charge in [-0.3, -0.25) is 0 Å². The van der Waals surface area contributed by atoms with Crippen molar-refractivity contribution in [3.05, 3.63) is 36.5 Å². The standard InChI is InChI=1S/C5H12O4.3C4H8/c6-1-5(2-7,3-8)4-9;3*1-4(2)3/h6-9H,1-4H2;3*1H2,2-3H3. The topological polar surface area (TPSA) is 80.9 Å². The van der Waals surface area contributed by atoms with Gasteiger partial charge in [0.25, 0.3) is 0 Å². The van der Waals surface area contributed by atoms with Crippen LogP contribution in [0.2, 0.25) is 0 Å². The van der Waals surface area contributed by atoms with E-state index in [1.165, 1.54) is 16.7 Å². The minimum absolute atomic E-state index is 0.406. The van der Waals surface area contributed by atoms with Crippen LogP contribution in [0.25, 0.3) is 0 Å².